The summed E-state index contributed by atoms with van der Waals surface area (Å²) in [6.45, 7) is 4.22. The molecule has 198 valence electrons. The van der Waals surface area contributed by atoms with Crippen LogP contribution >= 0.6 is 0 Å². The van der Waals surface area contributed by atoms with E-state index in [-0.39, 0.29) is 24.7 Å². The van der Waals surface area contributed by atoms with E-state index in [2.05, 4.69) is 5.32 Å². The largest absolute Gasteiger partial charge is 0.355 e. The first-order chi connectivity index (χ1) is 18.8. The van der Waals surface area contributed by atoms with Gasteiger partial charge in [-0.05, 0) is 72.0 Å². The van der Waals surface area contributed by atoms with Crippen molar-refractivity contribution < 1.29 is 14.0 Å². The van der Waals surface area contributed by atoms with E-state index in [1.54, 1.807) is 12.1 Å². The monoisotopic (exact) mass is 521 g/mol. The molecule has 0 spiro atoms. The molecule has 0 fully saturated rings. The molecule has 6 heteroatoms. The summed E-state index contributed by atoms with van der Waals surface area (Å²) in [7, 11) is 0. The molecule has 0 saturated carbocycles. The zero-order valence-electron chi connectivity index (χ0n) is 22.2. The molecule has 39 heavy (non-hydrogen) atoms. The van der Waals surface area contributed by atoms with Crippen LogP contribution in [0, 0.1) is 18.2 Å². The Morgan fingerprint density at radius 2 is 1.56 bits per heavy atom. The van der Waals surface area contributed by atoms with Crippen molar-refractivity contribution in [2.75, 3.05) is 5.32 Å². The van der Waals surface area contributed by atoms with Crippen LogP contribution in [0.15, 0.2) is 97.1 Å². The van der Waals surface area contributed by atoms with E-state index < -0.39 is 5.41 Å². The molecule has 1 unspecified atom stereocenters. The number of rotatable bonds is 11. The fourth-order valence-electron chi connectivity index (χ4n) is 4.99. The lowest BCUT2D eigenvalue weighted by Gasteiger charge is -2.33. The van der Waals surface area contributed by atoms with E-state index in [0.717, 1.165) is 22.3 Å². The van der Waals surface area contributed by atoms with Gasteiger partial charge in [-0.1, -0.05) is 67.6 Å². The minimum absolute atomic E-state index is 0.108. The number of hydrogen-bond donors (Lipinski definition) is 2. The number of carbonyl (C=O) groups excluding carboxylic acids is 2. The van der Waals surface area contributed by atoms with E-state index in [1.807, 2.05) is 86.6 Å². The minimum Gasteiger partial charge on any atom is -0.355 e. The van der Waals surface area contributed by atoms with Gasteiger partial charge >= 0.3 is 0 Å². The van der Waals surface area contributed by atoms with Crippen molar-refractivity contribution in [3.8, 4) is 0 Å². The van der Waals surface area contributed by atoms with E-state index in [1.165, 1.54) is 23.2 Å². The molecule has 0 radical (unpaired) electrons. The second kappa shape index (κ2) is 12.3. The van der Waals surface area contributed by atoms with Gasteiger partial charge in [0.1, 0.15) is 5.82 Å². The zero-order chi connectivity index (χ0) is 27.8. The van der Waals surface area contributed by atoms with E-state index in [4.69, 9.17) is 5.41 Å². The number of amides is 2. The third kappa shape index (κ3) is 6.85. The van der Waals surface area contributed by atoms with Gasteiger partial charge in [-0.15, -0.1) is 0 Å². The molecule has 0 aromatic heterocycles. The number of aryl methyl sites for hydroxylation is 1. The Kier molecular flexibility index (Phi) is 8.67. The molecule has 4 aromatic carbocycles. The highest BCUT2D eigenvalue weighted by molar-refractivity contribution is 5.89. The van der Waals surface area contributed by atoms with Crippen LogP contribution in [-0.4, -0.2) is 23.4 Å². The van der Waals surface area contributed by atoms with Crippen molar-refractivity contribution in [1.82, 2.24) is 4.90 Å². The Hall–Kier alpha value is -4.58. The van der Waals surface area contributed by atoms with E-state index in [9.17, 15) is 14.0 Å². The maximum Gasteiger partial charge on any atom is 0.230 e. The molecule has 0 aliphatic carbocycles. The molecule has 0 saturated heterocycles. The van der Waals surface area contributed by atoms with E-state index >= 15 is 0 Å². The lowest BCUT2D eigenvalue weighted by atomic mass is 9.72. The predicted molar refractivity (Wildman–Crippen MR) is 154 cm³/mol. The topological polar surface area (TPSA) is 73.3 Å². The Morgan fingerprint density at radius 3 is 2.15 bits per heavy atom. The average Bonchev–Trinajstić information content (AvgIpc) is 2.94. The molecule has 4 aromatic rings. The summed E-state index contributed by atoms with van der Waals surface area (Å²) >= 11 is 0. The zero-order valence-corrected chi connectivity index (χ0v) is 22.2. The van der Waals surface area contributed by atoms with Gasteiger partial charge in [-0.2, -0.15) is 0 Å². The first-order valence-corrected chi connectivity index (χ1v) is 12.8. The Morgan fingerprint density at radius 1 is 0.949 bits per heavy atom. The lowest BCUT2D eigenvalue weighted by molar-refractivity contribution is -0.139. The molecule has 0 aliphatic rings. The molecule has 0 bridgehead atoms. The second-order valence-electron chi connectivity index (χ2n) is 10.0. The molecule has 4 rings (SSSR count). The summed E-state index contributed by atoms with van der Waals surface area (Å²) in [5, 5.41) is 11.4. The van der Waals surface area contributed by atoms with Crippen LogP contribution in [0.3, 0.4) is 0 Å². The first-order valence-electron chi connectivity index (χ1n) is 12.8. The highest BCUT2D eigenvalue weighted by atomic mass is 19.1. The second-order valence-corrected chi connectivity index (χ2v) is 10.0. The van der Waals surface area contributed by atoms with Crippen LogP contribution < -0.4 is 5.32 Å². The first kappa shape index (κ1) is 27.5. The molecule has 0 heterocycles. The minimum atomic E-state index is -0.660. The van der Waals surface area contributed by atoms with Gasteiger partial charge in [0.05, 0.1) is 6.54 Å². The number of carbonyl (C=O) groups is 2. The molecule has 0 aliphatic heterocycles. The van der Waals surface area contributed by atoms with Crippen molar-refractivity contribution in [1.29, 1.82) is 5.41 Å². The highest BCUT2D eigenvalue weighted by Crippen LogP contribution is 2.37. The fourth-order valence-corrected chi connectivity index (χ4v) is 4.99. The van der Waals surface area contributed by atoms with Gasteiger partial charge in [0.15, 0.2) is 0 Å². The van der Waals surface area contributed by atoms with Crippen LogP contribution in [0.5, 0.6) is 0 Å². The normalized spacial score (nSPS) is 12.3. The molecule has 1 atom stereocenters. The van der Waals surface area contributed by atoms with Gasteiger partial charge < -0.3 is 10.7 Å². The Balaban J connectivity index is 1.70. The number of nitrogens with zero attached hydrogens (tertiary/aromatic N) is 1. The lowest BCUT2D eigenvalue weighted by Crippen LogP contribution is -2.37. The van der Waals surface area contributed by atoms with E-state index in [0.29, 0.717) is 29.8 Å². The summed E-state index contributed by atoms with van der Waals surface area (Å²) in [6, 6.07) is 29.3. The van der Waals surface area contributed by atoms with Gasteiger partial charge in [0, 0.05) is 35.0 Å². The number of halogens is 1. The number of nitrogens with one attached hydrogen (secondary N) is 2. The molecule has 2 N–H and O–H groups in total. The van der Waals surface area contributed by atoms with Crippen LogP contribution in [0.1, 0.15) is 41.2 Å². The summed E-state index contributed by atoms with van der Waals surface area (Å²) < 4.78 is 13.4. The standard InChI is InChI=1S/C33H32FN3O2/c1-24-17-31(36-29-15-13-28(34)14-16-29)27(21-35)18-30(24)33(2,19-25-9-5-3-6-10-25)20-32(39)37(23-38)22-26-11-7-4-8-12-26/h3-18,21,23,35-36H,19-20,22H2,1-2H3. The Labute approximate surface area is 228 Å². The third-order valence-electron chi connectivity index (χ3n) is 6.95. The number of hydrogen-bond acceptors (Lipinski definition) is 4. The molecular weight excluding hydrogens is 489 g/mol. The van der Waals surface area contributed by atoms with Crippen LogP contribution in [0.25, 0.3) is 0 Å². The summed E-state index contributed by atoms with van der Waals surface area (Å²) in [4.78, 5) is 26.8. The number of benzene rings is 4. The van der Waals surface area contributed by atoms with Crippen molar-refractivity contribution in [3.05, 3.63) is 131 Å². The summed E-state index contributed by atoms with van der Waals surface area (Å²) in [5.74, 6) is -0.589. The van der Waals surface area contributed by atoms with Gasteiger partial charge in [-0.25, -0.2) is 4.39 Å². The molecule has 2 amide bonds. The average molecular weight is 522 g/mol. The fraction of sp³-hybridized carbons (Fsp3) is 0.182. The van der Waals surface area contributed by atoms with Crippen LogP contribution in [0.4, 0.5) is 15.8 Å². The summed E-state index contributed by atoms with van der Waals surface area (Å²) in [5.41, 5.74) is 5.21. The van der Waals surface area contributed by atoms with Crippen molar-refractivity contribution in [3.63, 3.8) is 0 Å². The maximum atomic E-state index is 13.6. The quantitative estimate of drug-likeness (QED) is 0.166. The van der Waals surface area contributed by atoms with Gasteiger partial charge in [-0.3, -0.25) is 14.5 Å². The van der Waals surface area contributed by atoms with Gasteiger partial charge in [0.25, 0.3) is 0 Å². The molecule has 5 nitrogen and oxygen atoms in total. The molecular formula is C33H32FN3O2. The SMILES string of the molecule is Cc1cc(Nc2ccc(F)cc2)c(C=N)cc1C(C)(CC(=O)N(C=O)Cc1ccccc1)Cc1ccccc1. The van der Waals surface area contributed by atoms with Crippen LogP contribution in [0.2, 0.25) is 0 Å². The Bertz CT molecular complexity index is 1440. The van der Waals surface area contributed by atoms with Gasteiger partial charge in [0.2, 0.25) is 12.3 Å². The predicted octanol–water partition coefficient (Wildman–Crippen LogP) is 6.95. The number of imide groups is 1. The van der Waals surface area contributed by atoms with Crippen molar-refractivity contribution in [2.45, 2.75) is 38.6 Å². The van der Waals surface area contributed by atoms with Crippen LogP contribution in [-0.2, 0) is 28.0 Å². The third-order valence-corrected chi connectivity index (χ3v) is 6.95. The number of anilines is 2. The van der Waals surface area contributed by atoms with Crippen molar-refractivity contribution in [2.24, 2.45) is 0 Å². The highest BCUT2D eigenvalue weighted by Gasteiger charge is 2.34. The maximum absolute atomic E-state index is 13.6. The van der Waals surface area contributed by atoms with Crippen molar-refractivity contribution >= 4 is 29.9 Å². The smallest absolute Gasteiger partial charge is 0.230 e. The summed E-state index contributed by atoms with van der Waals surface area (Å²) in [6.07, 6.45) is 2.55.